The second kappa shape index (κ2) is 7.94. The first-order chi connectivity index (χ1) is 10.6. The van der Waals surface area contributed by atoms with Gasteiger partial charge in [0.1, 0.15) is 0 Å². The number of nitrogens with one attached hydrogen (secondary N) is 1. The normalized spacial score (nSPS) is 12.1. The molecule has 118 valence electrons. The molecule has 1 heterocycles. The molecule has 1 unspecified atom stereocenters. The monoisotopic (exact) mass is 318 g/mol. The van der Waals surface area contributed by atoms with Crippen LogP contribution in [0.1, 0.15) is 34.8 Å². The summed E-state index contributed by atoms with van der Waals surface area (Å²) in [6.45, 7) is 3.64. The van der Waals surface area contributed by atoms with E-state index in [1.165, 1.54) is 0 Å². The fourth-order valence-electron chi connectivity index (χ4n) is 2.31. The van der Waals surface area contributed by atoms with Crippen LogP contribution >= 0.6 is 0 Å². The lowest BCUT2D eigenvalue weighted by molar-refractivity contribution is 0.0951. The van der Waals surface area contributed by atoms with Crippen LogP contribution in [0.5, 0.6) is 0 Å². The lowest BCUT2D eigenvalue weighted by Crippen LogP contribution is -2.22. The summed E-state index contributed by atoms with van der Waals surface area (Å²) in [5.41, 5.74) is 2.62. The molecule has 0 aliphatic rings. The molecule has 1 aromatic carbocycles. The maximum absolute atomic E-state index is 12.2. The fraction of sp³-hybridized carbons (Fsp3) is 0.353. The Bertz CT molecular complexity index is 664. The predicted octanol–water partition coefficient (Wildman–Crippen LogP) is 2.71. The third kappa shape index (κ3) is 4.84. The summed E-state index contributed by atoms with van der Waals surface area (Å²) in [7, 11) is -0.905. The highest BCUT2D eigenvalue weighted by Gasteiger charge is 2.07. The standard InChI is InChI=1S/C17H22N2O2S/c1-3-8-19-9-7-15(12-19)11-18-17(20)16-6-4-5-14(10-16)13-22(2)21/h4-7,9-10,12H,3,8,11,13H2,1-2H3,(H,18,20). The number of aromatic nitrogens is 1. The average Bonchev–Trinajstić information content (AvgIpc) is 2.92. The lowest BCUT2D eigenvalue weighted by atomic mass is 10.1. The first-order valence-corrected chi connectivity index (χ1v) is 9.13. The Hall–Kier alpha value is -1.88. The van der Waals surface area contributed by atoms with Gasteiger partial charge >= 0.3 is 0 Å². The molecular weight excluding hydrogens is 296 g/mol. The van der Waals surface area contributed by atoms with Crippen LogP contribution in [0.25, 0.3) is 0 Å². The number of carbonyl (C=O) groups excluding carboxylic acids is 1. The van der Waals surface area contributed by atoms with Gasteiger partial charge in [-0.1, -0.05) is 19.1 Å². The van der Waals surface area contributed by atoms with Crippen molar-refractivity contribution >= 4 is 16.7 Å². The van der Waals surface area contributed by atoms with Gasteiger partial charge in [-0.25, -0.2) is 0 Å². The molecule has 0 bridgehead atoms. The van der Waals surface area contributed by atoms with Crippen molar-refractivity contribution in [3.05, 3.63) is 59.4 Å². The van der Waals surface area contributed by atoms with E-state index < -0.39 is 10.8 Å². The van der Waals surface area contributed by atoms with Crippen LogP contribution in [-0.4, -0.2) is 20.9 Å². The average molecular weight is 318 g/mol. The molecule has 1 atom stereocenters. The quantitative estimate of drug-likeness (QED) is 0.853. The molecule has 1 amide bonds. The van der Waals surface area contributed by atoms with Gasteiger partial charge < -0.3 is 9.88 Å². The Kier molecular flexibility index (Phi) is 5.95. The molecule has 0 aliphatic carbocycles. The Morgan fingerprint density at radius 3 is 2.82 bits per heavy atom. The molecule has 1 aromatic heterocycles. The van der Waals surface area contributed by atoms with Gasteiger partial charge in [-0.2, -0.15) is 0 Å². The lowest BCUT2D eigenvalue weighted by Gasteiger charge is -2.06. The molecule has 4 nitrogen and oxygen atoms in total. The minimum absolute atomic E-state index is 0.105. The molecule has 22 heavy (non-hydrogen) atoms. The number of rotatable bonds is 7. The van der Waals surface area contributed by atoms with Gasteiger partial charge in [-0.15, -0.1) is 0 Å². The summed E-state index contributed by atoms with van der Waals surface area (Å²) in [5.74, 6) is 0.369. The summed E-state index contributed by atoms with van der Waals surface area (Å²) >= 11 is 0. The van der Waals surface area contributed by atoms with Crippen molar-refractivity contribution in [3.8, 4) is 0 Å². The number of nitrogens with zero attached hydrogens (tertiary/aromatic N) is 1. The Labute approximate surface area is 134 Å². The molecule has 1 N–H and O–H groups in total. The first-order valence-electron chi connectivity index (χ1n) is 7.40. The van der Waals surface area contributed by atoms with Crippen molar-refractivity contribution in [1.82, 2.24) is 9.88 Å². The molecule has 0 radical (unpaired) electrons. The zero-order valence-corrected chi connectivity index (χ0v) is 13.9. The van der Waals surface area contributed by atoms with Crippen LogP contribution in [-0.2, 0) is 29.6 Å². The van der Waals surface area contributed by atoms with Crippen LogP contribution in [0.4, 0.5) is 0 Å². The van der Waals surface area contributed by atoms with E-state index in [1.54, 1.807) is 18.4 Å². The van der Waals surface area contributed by atoms with E-state index in [-0.39, 0.29) is 5.91 Å². The van der Waals surface area contributed by atoms with Gasteiger partial charge in [0.05, 0.1) is 0 Å². The van der Waals surface area contributed by atoms with Gasteiger partial charge in [0.2, 0.25) is 0 Å². The number of hydrogen-bond acceptors (Lipinski definition) is 2. The second-order valence-electron chi connectivity index (χ2n) is 5.36. The predicted molar refractivity (Wildman–Crippen MR) is 90.1 cm³/mol. The van der Waals surface area contributed by atoms with Crippen LogP contribution in [0.15, 0.2) is 42.7 Å². The van der Waals surface area contributed by atoms with E-state index in [0.29, 0.717) is 17.9 Å². The summed E-state index contributed by atoms with van der Waals surface area (Å²) in [6, 6.07) is 9.32. The summed E-state index contributed by atoms with van der Waals surface area (Å²) in [4.78, 5) is 12.2. The minimum atomic E-state index is -0.905. The highest BCUT2D eigenvalue weighted by Crippen LogP contribution is 2.08. The third-order valence-corrected chi connectivity index (χ3v) is 4.05. The second-order valence-corrected chi connectivity index (χ2v) is 6.79. The number of aryl methyl sites for hydroxylation is 1. The fourth-order valence-corrected chi connectivity index (χ4v) is 2.96. The van der Waals surface area contributed by atoms with E-state index in [2.05, 4.69) is 23.0 Å². The van der Waals surface area contributed by atoms with Gasteiger partial charge in [0.25, 0.3) is 5.91 Å². The Morgan fingerprint density at radius 1 is 1.27 bits per heavy atom. The zero-order chi connectivity index (χ0) is 15.9. The van der Waals surface area contributed by atoms with Gasteiger partial charge in [0, 0.05) is 53.9 Å². The topological polar surface area (TPSA) is 51.1 Å². The maximum Gasteiger partial charge on any atom is 0.251 e. The van der Waals surface area contributed by atoms with E-state index in [4.69, 9.17) is 0 Å². The van der Waals surface area contributed by atoms with Gasteiger partial charge in [-0.05, 0) is 35.7 Å². The third-order valence-electron chi connectivity index (χ3n) is 3.31. The zero-order valence-electron chi connectivity index (χ0n) is 13.0. The van der Waals surface area contributed by atoms with E-state index in [1.807, 2.05) is 24.4 Å². The minimum Gasteiger partial charge on any atom is -0.354 e. The van der Waals surface area contributed by atoms with Crippen LogP contribution in [0.2, 0.25) is 0 Å². The van der Waals surface area contributed by atoms with Crippen molar-refractivity contribution in [2.24, 2.45) is 0 Å². The van der Waals surface area contributed by atoms with Crippen molar-refractivity contribution in [2.45, 2.75) is 32.2 Å². The van der Waals surface area contributed by atoms with E-state index in [0.717, 1.165) is 24.1 Å². The van der Waals surface area contributed by atoms with Crippen molar-refractivity contribution in [2.75, 3.05) is 6.26 Å². The highest BCUT2D eigenvalue weighted by atomic mass is 32.2. The van der Waals surface area contributed by atoms with Crippen LogP contribution in [0, 0.1) is 0 Å². The summed E-state index contributed by atoms with van der Waals surface area (Å²) in [5, 5.41) is 2.92. The van der Waals surface area contributed by atoms with Crippen molar-refractivity contribution in [3.63, 3.8) is 0 Å². The van der Waals surface area contributed by atoms with Crippen LogP contribution < -0.4 is 5.32 Å². The van der Waals surface area contributed by atoms with Gasteiger partial charge in [0.15, 0.2) is 0 Å². The first kappa shape index (κ1) is 16.5. The Morgan fingerprint density at radius 2 is 2.09 bits per heavy atom. The Balaban J connectivity index is 1.95. The molecule has 0 saturated heterocycles. The van der Waals surface area contributed by atoms with Crippen molar-refractivity contribution < 1.29 is 9.00 Å². The molecule has 0 fully saturated rings. The van der Waals surface area contributed by atoms with Crippen molar-refractivity contribution in [1.29, 1.82) is 0 Å². The van der Waals surface area contributed by atoms with Gasteiger partial charge in [-0.3, -0.25) is 9.00 Å². The smallest absolute Gasteiger partial charge is 0.251 e. The molecule has 5 heteroatoms. The molecule has 0 saturated carbocycles. The highest BCUT2D eigenvalue weighted by molar-refractivity contribution is 7.83. The number of carbonyl (C=O) groups is 1. The number of benzene rings is 1. The molecule has 0 aliphatic heterocycles. The van der Waals surface area contributed by atoms with Crippen LogP contribution in [0.3, 0.4) is 0 Å². The largest absolute Gasteiger partial charge is 0.354 e. The molecule has 2 aromatic rings. The molecule has 2 rings (SSSR count). The summed E-state index contributed by atoms with van der Waals surface area (Å²) in [6.07, 6.45) is 6.84. The summed E-state index contributed by atoms with van der Waals surface area (Å²) < 4.78 is 13.4. The van der Waals surface area contributed by atoms with E-state index >= 15 is 0 Å². The molecule has 0 spiro atoms. The maximum atomic E-state index is 12.2. The number of hydrogen-bond donors (Lipinski definition) is 1. The molecular formula is C17H22N2O2S. The van der Waals surface area contributed by atoms with E-state index in [9.17, 15) is 9.00 Å². The SMILES string of the molecule is CCCn1ccc(CNC(=O)c2cccc(CS(C)=O)c2)c1. The number of amides is 1.